The average molecular weight is 343 g/mol. The highest BCUT2D eigenvalue weighted by molar-refractivity contribution is 5.84. The van der Waals surface area contributed by atoms with E-state index in [-0.39, 0.29) is 19.0 Å². The number of aromatic nitrogens is 1. The number of hydrogen-bond donors (Lipinski definition) is 0. The second-order valence-corrected chi connectivity index (χ2v) is 6.00. The van der Waals surface area contributed by atoms with Gasteiger partial charge in [-0.25, -0.2) is 4.98 Å². The minimum Gasteiger partial charge on any atom is -0.455 e. The van der Waals surface area contributed by atoms with E-state index in [0.29, 0.717) is 11.7 Å². The van der Waals surface area contributed by atoms with Crippen molar-refractivity contribution in [3.8, 4) is 11.3 Å². The van der Waals surface area contributed by atoms with Gasteiger partial charge in [-0.2, -0.15) is 0 Å². The van der Waals surface area contributed by atoms with Gasteiger partial charge in [-0.1, -0.05) is 72.8 Å². The quantitative estimate of drug-likeness (QED) is 0.489. The molecule has 0 unspecified atom stereocenters. The normalized spacial score (nSPS) is 10.8. The molecular weight excluding hydrogens is 326 g/mol. The van der Waals surface area contributed by atoms with Crippen LogP contribution in [-0.2, 0) is 22.6 Å². The first kappa shape index (κ1) is 16.1. The summed E-state index contributed by atoms with van der Waals surface area (Å²) >= 11 is 0. The zero-order chi connectivity index (χ0) is 17.8. The molecule has 0 aliphatic carbocycles. The molecule has 1 aromatic heterocycles. The lowest BCUT2D eigenvalue weighted by molar-refractivity contribution is -0.144. The number of nitrogens with zero attached hydrogens (tertiary/aromatic N) is 1. The smallest absolute Gasteiger partial charge is 0.310 e. The lowest BCUT2D eigenvalue weighted by Gasteiger charge is -2.04. The number of esters is 1. The van der Waals surface area contributed by atoms with Crippen molar-refractivity contribution in [1.29, 1.82) is 0 Å². The van der Waals surface area contributed by atoms with Gasteiger partial charge in [-0.05, 0) is 16.3 Å². The lowest BCUT2D eigenvalue weighted by Crippen LogP contribution is -2.08. The van der Waals surface area contributed by atoms with Crippen LogP contribution in [0.25, 0.3) is 22.1 Å². The van der Waals surface area contributed by atoms with Gasteiger partial charge in [0.05, 0.1) is 12.6 Å². The van der Waals surface area contributed by atoms with Crippen LogP contribution in [0, 0.1) is 0 Å². The van der Waals surface area contributed by atoms with E-state index < -0.39 is 0 Å². The first-order valence-corrected chi connectivity index (χ1v) is 8.41. The van der Waals surface area contributed by atoms with Gasteiger partial charge in [-0.15, -0.1) is 0 Å². The number of rotatable bonds is 5. The first-order chi connectivity index (χ1) is 12.8. The van der Waals surface area contributed by atoms with E-state index >= 15 is 0 Å². The van der Waals surface area contributed by atoms with Crippen LogP contribution >= 0.6 is 0 Å². The maximum absolute atomic E-state index is 12.1. The van der Waals surface area contributed by atoms with Crippen molar-refractivity contribution in [2.75, 3.05) is 0 Å². The van der Waals surface area contributed by atoms with Crippen LogP contribution in [0.1, 0.15) is 11.5 Å². The van der Waals surface area contributed by atoms with Crippen molar-refractivity contribution >= 4 is 16.7 Å². The van der Waals surface area contributed by atoms with Crippen molar-refractivity contribution in [2.24, 2.45) is 0 Å². The van der Waals surface area contributed by atoms with Crippen LogP contribution in [0.3, 0.4) is 0 Å². The Morgan fingerprint density at radius 2 is 1.69 bits per heavy atom. The molecule has 4 heteroatoms. The van der Waals surface area contributed by atoms with E-state index in [4.69, 9.17) is 9.15 Å². The second-order valence-electron chi connectivity index (χ2n) is 6.00. The topological polar surface area (TPSA) is 52.3 Å². The summed E-state index contributed by atoms with van der Waals surface area (Å²) in [4.78, 5) is 16.3. The Morgan fingerprint density at radius 1 is 0.923 bits per heavy atom. The Morgan fingerprint density at radius 3 is 2.54 bits per heavy atom. The monoisotopic (exact) mass is 343 g/mol. The molecule has 4 rings (SSSR count). The minimum atomic E-state index is -0.306. The Bertz CT molecular complexity index is 1040. The van der Waals surface area contributed by atoms with Gasteiger partial charge < -0.3 is 9.15 Å². The number of oxazole rings is 1. The van der Waals surface area contributed by atoms with E-state index in [1.807, 2.05) is 72.8 Å². The highest BCUT2D eigenvalue weighted by Crippen LogP contribution is 2.20. The molecule has 128 valence electrons. The molecule has 26 heavy (non-hydrogen) atoms. The van der Waals surface area contributed by atoms with Gasteiger partial charge in [0.1, 0.15) is 0 Å². The number of benzene rings is 3. The standard InChI is InChI=1S/C22H17NO3/c24-22(13-16-10-11-17-6-4-5-9-19(17)12-16)25-15-21-23-14-20(26-21)18-7-2-1-3-8-18/h1-12,14H,13,15H2. The molecule has 0 aliphatic heterocycles. The van der Waals surface area contributed by atoms with Crippen molar-refractivity contribution in [3.05, 3.63) is 90.4 Å². The SMILES string of the molecule is O=C(Cc1ccc2ccccc2c1)OCc1ncc(-c2ccccc2)o1. The third-order valence-corrected chi connectivity index (χ3v) is 4.13. The molecule has 3 aromatic carbocycles. The summed E-state index contributed by atoms with van der Waals surface area (Å²) in [6.07, 6.45) is 1.86. The summed E-state index contributed by atoms with van der Waals surface area (Å²) in [5.41, 5.74) is 1.86. The molecule has 0 radical (unpaired) electrons. The molecule has 0 saturated heterocycles. The number of carbonyl (C=O) groups is 1. The maximum Gasteiger partial charge on any atom is 0.310 e. The molecular formula is C22H17NO3. The summed E-state index contributed by atoms with van der Waals surface area (Å²) < 4.78 is 10.9. The molecule has 0 spiro atoms. The minimum absolute atomic E-state index is 0.0270. The maximum atomic E-state index is 12.1. The van der Waals surface area contributed by atoms with Gasteiger partial charge in [0.15, 0.2) is 12.4 Å². The van der Waals surface area contributed by atoms with E-state index in [0.717, 1.165) is 21.9 Å². The molecule has 0 aliphatic rings. The molecule has 1 heterocycles. The number of carbonyl (C=O) groups excluding carboxylic acids is 1. The molecule has 0 N–H and O–H groups in total. The van der Waals surface area contributed by atoms with E-state index in [9.17, 15) is 4.79 Å². The Hall–Kier alpha value is -3.40. The summed E-state index contributed by atoms with van der Waals surface area (Å²) in [5.74, 6) is 0.738. The molecule has 4 nitrogen and oxygen atoms in total. The number of hydrogen-bond acceptors (Lipinski definition) is 4. The predicted molar refractivity (Wildman–Crippen MR) is 99.4 cm³/mol. The van der Waals surface area contributed by atoms with E-state index in [1.165, 1.54) is 0 Å². The van der Waals surface area contributed by atoms with Gasteiger partial charge in [0, 0.05) is 5.56 Å². The zero-order valence-corrected chi connectivity index (χ0v) is 14.1. The van der Waals surface area contributed by atoms with Crippen molar-refractivity contribution in [3.63, 3.8) is 0 Å². The van der Waals surface area contributed by atoms with E-state index in [1.54, 1.807) is 6.20 Å². The second kappa shape index (κ2) is 7.23. The Balaban J connectivity index is 1.37. The van der Waals surface area contributed by atoms with Crippen LogP contribution in [0.15, 0.2) is 83.4 Å². The summed E-state index contributed by atoms with van der Waals surface area (Å²) in [5, 5.41) is 2.26. The predicted octanol–water partition coefficient (Wildman–Crippen LogP) is 4.78. The third-order valence-electron chi connectivity index (χ3n) is 4.13. The summed E-state index contributed by atoms with van der Waals surface area (Å²) in [7, 11) is 0. The average Bonchev–Trinajstić information content (AvgIpc) is 3.16. The van der Waals surface area contributed by atoms with Crippen LogP contribution in [0.2, 0.25) is 0 Å². The molecule has 0 saturated carbocycles. The fraction of sp³-hybridized carbons (Fsp3) is 0.0909. The summed E-state index contributed by atoms with van der Waals surface area (Å²) in [6, 6.07) is 23.7. The van der Waals surface area contributed by atoms with Gasteiger partial charge >= 0.3 is 5.97 Å². The van der Waals surface area contributed by atoms with Gasteiger partial charge in [-0.3, -0.25) is 4.79 Å². The zero-order valence-electron chi connectivity index (χ0n) is 14.1. The first-order valence-electron chi connectivity index (χ1n) is 8.41. The van der Waals surface area contributed by atoms with Gasteiger partial charge in [0.25, 0.3) is 0 Å². The highest BCUT2D eigenvalue weighted by Gasteiger charge is 2.10. The van der Waals surface area contributed by atoms with Crippen LogP contribution in [0.4, 0.5) is 0 Å². The number of fused-ring (bicyclic) bond motifs is 1. The van der Waals surface area contributed by atoms with Gasteiger partial charge in [0.2, 0.25) is 5.89 Å². The van der Waals surface area contributed by atoms with Crippen LogP contribution < -0.4 is 0 Å². The van der Waals surface area contributed by atoms with Crippen molar-refractivity contribution in [1.82, 2.24) is 4.98 Å². The van der Waals surface area contributed by atoms with Crippen molar-refractivity contribution < 1.29 is 13.9 Å². The Kier molecular flexibility index (Phi) is 4.48. The highest BCUT2D eigenvalue weighted by atomic mass is 16.5. The Labute approximate surface area is 151 Å². The fourth-order valence-corrected chi connectivity index (χ4v) is 2.82. The van der Waals surface area contributed by atoms with Crippen LogP contribution in [-0.4, -0.2) is 11.0 Å². The fourth-order valence-electron chi connectivity index (χ4n) is 2.82. The third kappa shape index (κ3) is 3.64. The van der Waals surface area contributed by atoms with E-state index in [2.05, 4.69) is 4.98 Å². The lowest BCUT2D eigenvalue weighted by atomic mass is 10.1. The van der Waals surface area contributed by atoms with Crippen molar-refractivity contribution in [2.45, 2.75) is 13.0 Å². The molecule has 0 amide bonds. The molecule has 4 aromatic rings. The largest absolute Gasteiger partial charge is 0.455 e. The molecule has 0 fully saturated rings. The molecule has 0 atom stereocenters. The molecule has 0 bridgehead atoms. The summed E-state index contributed by atoms with van der Waals surface area (Å²) in [6.45, 7) is 0.0270. The number of ether oxygens (including phenoxy) is 1. The van der Waals surface area contributed by atoms with Crippen LogP contribution in [0.5, 0.6) is 0 Å².